The van der Waals surface area contributed by atoms with Gasteiger partial charge in [-0.3, -0.25) is 4.79 Å². The molecular formula is C23H24N2O4. The molecule has 1 atom stereocenters. The van der Waals surface area contributed by atoms with Gasteiger partial charge in [-0.1, -0.05) is 24.3 Å². The van der Waals surface area contributed by atoms with Crippen molar-refractivity contribution in [3.05, 3.63) is 66.1 Å². The van der Waals surface area contributed by atoms with Crippen LogP contribution in [0.2, 0.25) is 0 Å². The second-order valence-corrected chi connectivity index (χ2v) is 7.05. The number of amides is 1. The molecule has 6 nitrogen and oxygen atoms in total. The van der Waals surface area contributed by atoms with Crippen molar-refractivity contribution in [2.45, 2.75) is 25.3 Å². The predicted octanol–water partition coefficient (Wildman–Crippen LogP) is 4.27. The highest BCUT2D eigenvalue weighted by atomic mass is 16.5. The zero-order valence-corrected chi connectivity index (χ0v) is 16.6. The lowest BCUT2D eigenvalue weighted by atomic mass is 10.0. The Kier molecular flexibility index (Phi) is 5.51. The van der Waals surface area contributed by atoms with Crippen LogP contribution < -0.4 is 9.47 Å². The first kappa shape index (κ1) is 19.1. The van der Waals surface area contributed by atoms with Gasteiger partial charge in [-0.15, -0.1) is 0 Å². The number of ether oxygens (including phenoxy) is 2. The lowest BCUT2D eigenvalue weighted by molar-refractivity contribution is -0.131. The summed E-state index contributed by atoms with van der Waals surface area (Å²) in [4.78, 5) is 19.4. The van der Waals surface area contributed by atoms with E-state index in [1.165, 1.54) is 0 Å². The Hall–Kier alpha value is -3.28. The molecule has 0 unspecified atom stereocenters. The fraction of sp³-hybridized carbons (Fsp3) is 0.304. The third-order valence-corrected chi connectivity index (χ3v) is 5.27. The molecule has 1 saturated heterocycles. The van der Waals surface area contributed by atoms with E-state index < -0.39 is 0 Å². The van der Waals surface area contributed by atoms with Crippen LogP contribution in [0.25, 0.3) is 11.5 Å². The fourth-order valence-electron chi connectivity index (χ4n) is 3.83. The Morgan fingerprint density at radius 3 is 2.69 bits per heavy atom. The van der Waals surface area contributed by atoms with Crippen LogP contribution in [0, 0.1) is 0 Å². The zero-order valence-electron chi connectivity index (χ0n) is 16.6. The van der Waals surface area contributed by atoms with E-state index in [9.17, 15) is 4.79 Å². The summed E-state index contributed by atoms with van der Waals surface area (Å²) < 4.78 is 16.3. The second kappa shape index (κ2) is 8.39. The van der Waals surface area contributed by atoms with Gasteiger partial charge in [0.25, 0.3) is 0 Å². The van der Waals surface area contributed by atoms with Gasteiger partial charge in [0.15, 0.2) is 11.5 Å². The van der Waals surface area contributed by atoms with Crippen LogP contribution in [-0.4, -0.2) is 36.6 Å². The number of benzene rings is 2. The lowest BCUT2D eigenvalue weighted by Gasteiger charge is -2.25. The SMILES string of the molecule is COc1ccc([C@@H]2CCCN2C(=O)Cc2coc(-c3ccccc3)n2)cc1OC. The van der Waals surface area contributed by atoms with Crippen molar-refractivity contribution in [3.8, 4) is 23.0 Å². The number of methoxy groups -OCH3 is 2. The van der Waals surface area contributed by atoms with Gasteiger partial charge in [-0.25, -0.2) is 4.98 Å². The first-order valence-corrected chi connectivity index (χ1v) is 9.71. The van der Waals surface area contributed by atoms with Crippen LogP contribution in [0.4, 0.5) is 0 Å². The molecule has 1 aliphatic rings. The minimum absolute atomic E-state index is 0.0304. The molecule has 3 aromatic rings. The Labute approximate surface area is 170 Å². The van der Waals surface area contributed by atoms with E-state index in [4.69, 9.17) is 13.9 Å². The van der Waals surface area contributed by atoms with Gasteiger partial charge in [0.05, 0.1) is 32.4 Å². The largest absolute Gasteiger partial charge is 0.493 e. The van der Waals surface area contributed by atoms with E-state index in [1.54, 1.807) is 20.5 Å². The molecule has 0 radical (unpaired) electrons. The normalized spacial score (nSPS) is 16.1. The smallest absolute Gasteiger partial charge is 0.229 e. The first-order chi connectivity index (χ1) is 14.2. The molecule has 0 spiro atoms. The summed E-state index contributed by atoms with van der Waals surface area (Å²) in [5.74, 6) is 1.94. The minimum atomic E-state index is 0.0304. The third-order valence-electron chi connectivity index (χ3n) is 5.27. The quantitative estimate of drug-likeness (QED) is 0.627. The van der Waals surface area contributed by atoms with Crippen LogP contribution in [0.15, 0.2) is 59.2 Å². The molecule has 1 aromatic heterocycles. The van der Waals surface area contributed by atoms with Gasteiger partial charge < -0.3 is 18.8 Å². The molecule has 1 amide bonds. The summed E-state index contributed by atoms with van der Waals surface area (Å²) in [5.41, 5.74) is 2.60. The molecule has 0 bridgehead atoms. The van der Waals surface area contributed by atoms with E-state index in [2.05, 4.69) is 4.98 Å². The average molecular weight is 392 g/mol. The van der Waals surface area contributed by atoms with E-state index in [1.807, 2.05) is 53.4 Å². The van der Waals surface area contributed by atoms with E-state index in [-0.39, 0.29) is 18.4 Å². The van der Waals surface area contributed by atoms with Crippen molar-refractivity contribution in [3.63, 3.8) is 0 Å². The molecule has 2 heterocycles. The van der Waals surface area contributed by atoms with Crippen molar-refractivity contribution < 1.29 is 18.7 Å². The highest BCUT2D eigenvalue weighted by Crippen LogP contribution is 2.37. The molecular weight excluding hydrogens is 368 g/mol. The fourth-order valence-corrected chi connectivity index (χ4v) is 3.83. The summed E-state index contributed by atoms with van der Waals surface area (Å²) in [6.07, 6.45) is 3.69. The predicted molar refractivity (Wildman–Crippen MR) is 109 cm³/mol. The van der Waals surface area contributed by atoms with Gasteiger partial charge in [-0.2, -0.15) is 0 Å². The van der Waals surface area contributed by atoms with Crippen LogP contribution >= 0.6 is 0 Å². The number of rotatable bonds is 6. The Morgan fingerprint density at radius 1 is 1.14 bits per heavy atom. The number of hydrogen-bond acceptors (Lipinski definition) is 5. The van der Waals surface area contributed by atoms with Crippen molar-refractivity contribution >= 4 is 5.91 Å². The molecule has 6 heteroatoms. The monoisotopic (exact) mass is 392 g/mol. The van der Waals surface area contributed by atoms with Gasteiger partial charge in [0.1, 0.15) is 6.26 Å². The number of carbonyl (C=O) groups is 1. The zero-order chi connectivity index (χ0) is 20.2. The first-order valence-electron chi connectivity index (χ1n) is 9.71. The van der Waals surface area contributed by atoms with Crippen molar-refractivity contribution in [2.75, 3.05) is 20.8 Å². The maximum Gasteiger partial charge on any atom is 0.229 e. The lowest BCUT2D eigenvalue weighted by Crippen LogP contribution is -2.31. The highest BCUT2D eigenvalue weighted by molar-refractivity contribution is 5.79. The second-order valence-electron chi connectivity index (χ2n) is 7.05. The number of likely N-dealkylation sites (tertiary alicyclic amines) is 1. The Morgan fingerprint density at radius 2 is 1.93 bits per heavy atom. The summed E-state index contributed by atoms with van der Waals surface area (Å²) >= 11 is 0. The molecule has 0 N–H and O–H groups in total. The number of carbonyl (C=O) groups excluding carboxylic acids is 1. The molecule has 1 fully saturated rings. The van der Waals surface area contributed by atoms with Crippen LogP contribution in [-0.2, 0) is 11.2 Å². The third kappa shape index (κ3) is 3.97. The summed E-state index contributed by atoms with van der Waals surface area (Å²) in [6, 6.07) is 15.6. The van der Waals surface area contributed by atoms with Gasteiger partial charge in [-0.05, 0) is 42.7 Å². The summed E-state index contributed by atoms with van der Waals surface area (Å²) in [6.45, 7) is 0.737. The van der Waals surface area contributed by atoms with Crippen LogP contribution in [0.1, 0.15) is 30.1 Å². The topological polar surface area (TPSA) is 64.8 Å². The Balaban J connectivity index is 1.49. The van der Waals surface area contributed by atoms with Gasteiger partial charge >= 0.3 is 0 Å². The van der Waals surface area contributed by atoms with Crippen molar-refractivity contribution in [1.82, 2.24) is 9.88 Å². The molecule has 2 aromatic carbocycles. The van der Waals surface area contributed by atoms with Gasteiger partial charge in [0.2, 0.25) is 11.8 Å². The number of oxazole rings is 1. The van der Waals surface area contributed by atoms with Gasteiger partial charge in [0, 0.05) is 12.1 Å². The maximum atomic E-state index is 13.0. The molecule has 150 valence electrons. The van der Waals surface area contributed by atoms with Crippen molar-refractivity contribution in [2.24, 2.45) is 0 Å². The maximum absolute atomic E-state index is 13.0. The number of aromatic nitrogens is 1. The van der Waals surface area contributed by atoms with E-state index in [0.29, 0.717) is 23.1 Å². The average Bonchev–Trinajstić information content (AvgIpc) is 3.43. The summed E-state index contributed by atoms with van der Waals surface area (Å²) in [7, 11) is 3.23. The van der Waals surface area contributed by atoms with Crippen molar-refractivity contribution in [1.29, 1.82) is 0 Å². The van der Waals surface area contributed by atoms with E-state index >= 15 is 0 Å². The molecule has 4 rings (SSSR count). The number of nitrogens with zero attached hydrogens (tertiary/aromatic N) is 2. The Bertz CT molecular complexity index is 984. The molecule has 1 aliphatic heterocycles. The minimum Gasteiger partial charge on any atom is -0.493 e. The standard InChI is InChI=1S/C23H24N2O4/c1-27-20-11-10-17(13-21(20)28-2)19-9-6-12-25(19)22(26)14-18-15-29-23(24-18)16-7-4-3-5-8-16/h3-5,7-8,10-11,13,15,19H,6,9,12,14H2,1-2H3/t19-/m0/s1. The van der Waals surface area contributed by atoms with Crippen LogP contribution in [0.5, 0.6) is 11.5 Å². The number of hydrogen-bond donors (Lipinski definition) is 0. The molecule has 29 heavy (non-hydrogen) atoms. The molecule has 0 aliphatic carbocycles. The molecule has 0 saturated carbocycles. The highest BCUT2D eigenvalue weighted by Gasteiger charge is 2.31. The van der Waals surface area contributed by atoms with E-state index in [0.717, 1.165) is 30.5 Å². The summed E-state index contributed by atoms with van der Waals surface area (Å²) in [5, 5.41) is 0. The van der Waals surface area contributed by atoms with Crippen LogP contribution in [0.3, 0.4) is 0 Å².